The molecule has 30 heavy (non-hydrogen) atoms. The van der Waals surface area contributed by atoms with Gasteiger partial charge >= 0.3 is 5.97 Å². The maximum Gasteiger partial charge on any atom is 0.348 e. The lowest BCUT2D eigenvalue weighted by atomic mass is 9.97. The molecule has 0 aliphatic carbocycles. The molecule has 4 aromatic rings. The number of aromatic amines is 2. The fraction of sp³-hybridized carbons (Fsp3) is 0.364. The molecule has 8 heteroatoms. The Morgan fingerprint density at radius 1 is 1.10 bits per heavy atom. The summed E-state index contributed by atoms with van der Waals surface area (Å²) in [5.74, 6) is -0.335. The van der Waals surface area contributed by atoms with E-state index in [1.807, 2.05) is 0 Å². The Bertz CT molecular complexity index is 1230. The molecule has 158 valence electrons. The first-order valence-corrected chi connectivity index (χ1v) is 12.0. The standard InChI is InChI=1S/C22H27N3O3SSi/c1-21(2,3)30-28-22(4,5)13-7-8-14-12(9-13)10-15(23-14)18-19-16(24-25-18)11-17(29-19)20(26)27-6/h7-11,23H,30H2,1-6H3,(H,24,25). The van der Waals surface area contributed by atoms with Crippen molar-refractivity contribution in [2.75, 3.05) is 7.11 Å². The van der Waals surface area contributed by atoms with E-state index in [0.717, 1.165) is 38.1 Å². The highest BCUT2D eigenvalue weighted by Crippen LogP contribution is 2.36. The average molecular weight is 442 g/mol. The summed E-state index contributed by atoms with van der Waals surface area (Å²) in [4.78, 5) is 15.9. The van der Waals surface area contributed by atoms with Gasteiger partial charge in [0.1, 0.15) is 10.6 Å². The van der Waals surface area contributed by atoms with Crippen molar-refractivity contribution in [3.63, 3.8) is 0 Å². The van der Waals surface area contributed by atoms with Crippen LogP contribution >= 0.6 is 11.3 Å². The number of thiophene rings is 1. The molecule has 0 atom stereocenters. The highest BCUT2D eigenvalue weighted by atomic mass is 32.1. The van der Waals surface area contributed by atoms with Gasteiger partial charge in [-0.05, 0) is 48.7 Å². The second kappa shape index (κ2) is 7.37. The molecule has 0 radical (unpaired) electrons. The zero-order valence-electron chi connectivity index (χ0n) is 18.2. The third kappa shape index (κ3) is 3.95. The summed E-state index contributed by atoms with van der Waals surface area (Å²) < 4.78 is 12.1. The highest BCUT2D eigenvalue weighted by molar-refractivity contribution is 7.21. The molecular formula is C22H27N3O3SSi. The van der Waals surface area contributed by atoms with E-state index in [4.69, 9.17) is 9.16 Å². The average Bonchev–Trinajstić information content (AvgIpc) is 3.37. The monoisotopic (exact) mass is 441 g/mol. The number of benzene rings is 1. The van der Waals surface area contributed by atoms with Crippen LogP contribution in [0.15, 0.2) is 30.3 Å². The van der Waals surface area contributed by atoms with Gasteiger partial charge in [-0.25, -0.2) is 4.79 Å². The van der Waals surface area contributed by atoms with Crippen LogP contribution in [0, 0.1) is 0 Å². The number of methoxy groups -OCH3 is 1. The molecule has 3 heterocycles. The quantitative estimate of drug-likeness (QED) is 0.333. The van der Waals surface area contributed by atoms with Gasteiger partial charge in [0.2, 0.25) is 0 Å². The van der Waals surface area contributed by atoms with Crippen LogP contribution in [0.4, 0.5) is 0 Å². The second-order valence-electron chi connectivity index (χ2n) is 9.26. The topological polar surface area (TPSA) is 80.0 Å². The zero-order chi connectivity index (χ0) is 21.7. The van der Waals surface area contributed by atoms with Crippen molar-refractivity contribution in [3.8, 4) is 11.4 Å². The predicted molar refractivity (Wildman–Crippen MR) is 125 cm³/mol. The normalized spacial score (nSPS) is 13.1. The summed E-state index contributed by atoms with van der Waals surface area (Å²) in [6, 6.07) is 10.3. The van der Waals surface area contributed by atoms with Crippen LogP contribution in [0.3, 0.4) is 0 Å². The number of hydrogen-bond donors (Lipinski definition) is 2. The lowest BCUT2D eigenvalue weighted by Gasteiger charge is -2.30. The Balaban J connectivity index is 1.68. The summed E-state index contributed by atoms with van der Waals surface area (Å²) in [7, 11) is 0.721. The van der Waals surface area contributed by atoms with Crippen LogP contribution in [-0.4, -0.2) is 38.0 Å². The van der Waals surface area contributed by atoms with Gasteiger partial charge < -0.3 is 14.1 Å². The highest BCUT2D eigenvalue weighted by Gasteiger charge is 2.25. The van der Waals surface area contributed by atoms with Crippen LogP contribution in [0.25, 0.3) is 32.5 Å². The van der Waals surface area contributed by atoms with E-state index in [1.165, 1.54) is 18.4 Å². The number of nitrogens with zero attached hydrogens (tertiary/aromatic N) is 1. The van der Waals surface area contributed by atoms with Crippen molar-refractivity contribution >= 4 is 48.2 Å². The fourth-order valence-electron chi connectivity index (χ4n) is 3.32. The number of aromatic nitrogens is 3. The van der Waals surface area contributed by atoms with E-state index < -0.39 is 9.76 Å². The molecule has 0 bridgehead atoms. The Hall–Kier alpha value is -2.42. The van der Waals surface area contributed by atoms with Gasteiger partial charge in [-0.2, -0.15) is 5.10 Å². The van der Waals surface area contributed by atoms with Crippen molar-refractivity contribution in [2.24, 2.45) is 0 Å². The first-order valence-electron chi connectivity index (χ1n) is 9.91. The summed E-state index contributed by atoms with van der Waals surface area (Å²) >= 11 is 1.38. The van der Waals surface area contributed by atoms with Gasteiger partial charge in [-0.15, -0.1) is 11.3 Å². The smallest absolute Gasteiger partial charge is 0.348 e. The molecule has 0 spiro atoms. The zero-order valence-corrected chi connectivity index (χ0v) is 20.4. The number of fused-ring (bicyclic) bond motifs is 2. The van der Waals surface area contributed by atoms with Crippen molar-refractivity contribution in [3.05, 3.63) is 40.8 Å². The van der Waals surface area contributed by atoms with Gasteiger partial charge in [0.05, 0.1) is 28.6 Å². The van der Waals surface area contributed by atoms with Crippen molar-refractivity contribution < 1.29 is 14.0 Å². The van der Waals surface area contributed by atoms with Crippen molar-refractivity contribution in [1.82, 2.24) is 15.2 Å². The number of esters is 1. The largest absolute Gasteiger partial charge is 0.465 e. The molecule has 1 aromatic carbocycles. The van der Waals surface area contributed by atoms with E-state index in [9.17, 15) is 4.79 Å². The maximum absolute atomic E-state index is 11.9. The lowest BCUT2D eigenvalue weighted by molar-refractivity contribution is 0.0606. The lowest BCUT2D eigenvalue weighted by Crippen LogP contribution is -2.27. The SMILES string of the molecule is COC(=O)c1cc2[nH]nc(-c3cc4cc(C(C)(C)O[SiH2]C(C)(C)C)ccc4[nH]3)c2s1. The minimum atomic E-state index is -0.668. The third-order valence-corrected chi connectivity index (χ3v) is 7.91. The molecule has 3 aromatic heterocycles. The number of hydrogen-bond acceptors (Lipinski definition) is 5. The second-order valence-corrected chi connectivity index (χ2v) is 13.0. The van der Waals surface area contributed by atoms with E-state index in [1.54, 1.807) is 6.07 Å². The van der Waals surface area contributed by atoms with Crippen molar-refractivity contribution in [2.45, 2.75) is 45.3 Å². The number of ether oxygens (including phenoxy) is 1. The molecule has 0 amide bonds. The Morgan fingerprint density at radius 2 is 1.87 bits per heavy atom. The molecule has 0 unspecified atom stereocenters. The summed E-state index contributed by atoms with van der Waals surface area (Å²) in [6.07, 6.45) is 0. The number of nitrogens with one attached hydrogen (secondary N) is 2. The molecular weight excluding hydrogens is 414 g/mol. The molecule has 2 N–H and O–H groups in total. The van der Waals surface area contributed by atoms with Crippen LogP contribution in [0.5, 0.6) is 0 Å². The number of carbonyl (C=O) groups is 1. The van der Waals surface area contributed by atoms with E-state index >= 15 is 0 Å². The third-order valence-electron chi connectivity index (χ3n) is 5.06. The van der Waals surface area contributed by atoms with Gasteiger partial charge in [0, 0.05) is 10.9 Å². The van der Waals surface area contributed by atoms with Crippen LogP contribution in [-0.2, 0) is 14.8 Å². The minimum Gasteiger partial charge on any atom is -0.465 e. The molecule has 0 saturated heterocycles. The van der Waals surface area contributed by atoms with Crippen LogP contribution < -0.4 is 0 Å². The fourth-order valence-corrected chi connectivity index (χ4v) is 5.31. The minimum absolute atomic E-state index is 0.248. The van der Waals surface area contributed by atoms with Crippen molar-refractivity contribution in [1.29, 1.82) is 0 Å². The molecule has 0 saturated carbocycles. The summed E-state index contributed by atoms with van der Waals surface area (Å²) in [6.45, 7) is 11.0. The maximum atomic E-state index is 11.9. The molecule has 4 rings (SSSR count). The molecule has 0 fully saturated rings. The Morgan fingerprint density at radius 3 is 2.57 bits per heavy atom. The van der Waals surface area contributed by atoms with Gasteiger partial charge in [-0.3, -0.25) is 5.10 Å². The van der Waals surface area contributed by atoms with Gasteiger partial charge in [-0.1, -0.05) is 26.8 Å². The molecule has 0 aliphatic heterocycles. The molecule has 6 nitrogen and oxygen atoms in total. The van der Waals surface area contributed by atoms with Gasteiger partial charge in [0.25, 0.3) is 0 Å². The molecule has 0 aliphatic rings. The van der Waals surface area contributed by atoms with E-state index in [-0.39, 0.29) is 16.6 Å². The predicted octanol–water partition coefficient (Wildman–Crippen LogP) is 5.11. The Kier molecular flexibility index (Phi) is 5.12. The summed E-state index contributed by atoms with van der Waals surface area (Å²) in [5.41, 5.74) is 4.42. The summed E-state index contributed by atoms with van der Waals surface area (Å²) in [5, 5.41) is 8.83. The van der Waals surface area contributed by atoms with E-state index in [0.29, 0.717) is 4.88 Å². The first kappa shape index (κ1) is 20.8. The van der Waals surface area contributed by atoms with Crippen LogP contribution in [0.2, 0.25) is 5.04 Å². The number of rotatable bonds is 5. The van der Waals surface area contributed by atoms with Crippen LogP contribution in [0.1, 0.15) is 49.9 Å². The number of H-pyrrole nitrogens is 2. The first-order chi connectivity index (χ1) is 14.1. The Labute approximate surface area is 181 Å². The van der Waals surface area contributed by atoms with E-state index in [2.05, 4.69) is 74.1 Å². The van der Waals surface area contributed by atoms with Gasteiger partial charge in [0.15, 0.2) is 9.76 Å². The number of carbonyl (C=O) groups excluding carboxylic acids is 1.